The van der Waals surface area contributed by atoms with Crippen molar-refractivity contribution in [2.75, 3.05) is 26.8 Å². The van der Waals surface area contributed by atoms with E-state index in [4.69, 9.17) is 4.74 Å². The van der Waals surface area contributed by atoms with Crippen molar-refractivity contribution >= 4 is 12.4 Å². The van der Waals surface area contributed by atoms with Crippen LogP contribution in [0.5, 0.6) is 0 Å². The molecule has 1 saturated carbocycles. The van der Waals surface area contributed by atoms with E-state index < -0.39 is 0 Å². The lowest BCUT2D eigenvalue weighted by Crippen LogP contribution is -2.41. The van der Waals surface area contributed by atoms with Gasteiger partial charge >= 0.3 is 0 Å². The van der Waals surface area contributed by atoms with Crippen LogP contribution in [0.2, 0.25) is 0 Å². The van der Waals surface area contributed by atoms with Crippen LogP contribution in [0.3, 0.4) is 0 Å². The smallest absolute Gasteiger partial charge is 0.0530 e. The Labute approximate surface area is 80.5 Å². The van der Waals surface area contributed by atoms with Gasteiger partial charge in [0.1, 0.15) is 0 Å². The largest absolute Gasteiger partial charge is 0.384 e. The summed E-state index contributed by atoms with van der Waals surface area (Å²) in [5.74, 6) is 0.943. The molecule has 2 rings (SSSR count). The minimum Gasteiger partial charge on any atom is -0.384 e. The first-order chi connectivity index (χ1) is 5.35. The molecule has 0 radical (unpaired) electrons. The van der Waals surface area contributed by atoms with Crippen LogP contribution in [0.15, 0.2) is 0 Å². The van der Waals surface area contributed by atoms with Crippen LogP contribution in [-0.2, 0) is 4.74 Å². The third-order valence-electron chi connectivity index (χ3n) is 3.19. The van der Waals surface area contributed by atoms with Gasteiger partial charge in [-0.15, -0.1) is 12.4 Å². The quantitative estimate of drug-likeness (QED) is 0.714. The molecule has 1 aliphatic heterocycles. The SMILES string of the molecule is COCC12CCC(CNC1)C2.Cl. The van der Waals surface area contributed by atoms with Crippen molar-refractivity contribution in [2.24, 2.45) is 11.3 Å². The molecule has 1 heterocycles. The number of fused-ring (bicyclic) bond motifs is 2. The fourth-order valence-corrected chi connectivity index (χ4v) is 2.69. The van der Waals surface area contributed by atoms with Crippen molar-refractivity contribution < 1.29 is 4.74 Å². The van der Waals surface area contributed by atoms with E-state index in [1.807, 2.05) is 7.11 Å². The summed E-state index contributed by atoms with van der Waals surface area (Å²) in [6.07, 6.45) is 4.18. The van der Waals surface area contributed by atoms with E-state index in [0.717, 1.165) is 12.5 Å². The van der Waals surface area contributed by atoms with Gasteiger partial charge in [0, 0.05) is 19.1 Å². The molecule has 12 heavy (non-hydrogen) atoms. The van der Waals surface area contributed by atoms with E-state index in [9.17, 15) is 0 Å². The molecule has 2 bridgehead atoms. The first-order valence-electron chi connectivity index (χ1n) is 4.54. The molecule has 72 valence electrons. The van der Waals surface area contributed by atoms with Crippen LogP contribution in [0.4, 0.5) is 0 Å². The Balaban J connectivity index is 0.000000720. The van der Waals surface area contributed by atoms with Crippen LogP contribution < -0.4 is 5.32 Å². The van der Waals surface area contributed by atoms with Crippen LogP contribution in [-0.4, -0.2) is 26.8 Å². The summed E-state index contributed by atoms with van der Waals surface area (Å²) in [5.41, 5.74) is 0.512. The van der Waals surface area contributed by atoms with Crippen LogP contribution >= 0.6 is 12.4 Å². The summed E-state index contributed by atoms with van der Waals surface area (Å²) in [7, 11) is 1.82. The van der Waals surface area contributed by atoms with Gasteiger partial charge in [-0.2, -0.15) is 0 Å². The number of methoxy groups -OCH3 is 1. The fourth-order valence-electron chi connectivity index (χ4n) is 2.69. The molecule has 1 aliphatic carbocycles. The number of ether oxygens (including phenoxy) is 1. The molecular weight excluding hydrogens is 174 g/mol. The zero-order chi connectivity index (χ0) is 7.73. The van der Waals surface area contributed by atoms with Crippen molar-refractivity contribution in [2.45, 2.75) is 19.3 Å². The highest BCUT2D eigenvalue weighted by molar-refractivity contribution is 5.85. The Hall–Kier alpha value is 0.210. The zero-order valence-corrected chi connectivity index (χ0v) is 8.45. The Morgan fingerprint density at radius 1 is 1.58 bits per heavy atom. The number of rotatable bonds is 2. The summed E-state index contributed by atoms with van der Waals surface area (Å²) in [6, 6.07) is 0. The van der Waals surface area contributed by atoms with Gasteiger partial charge in [0.25, 0.3) is 0 Å². The fraction of sp³-hybridized carbons (Fsp3) is 1.00. The van der Waals surface area contributed by atoms with Crippen molar-refractivity contribution in [3.8, 4) is 0 Å². The van der Waals surface area contributed by atoms with Gasteiger partial charge in [0.2, 0.25) is 0 Å². The minimum atomic E-state index is 0. The maximum Gasteiger partial charge on any atom is 0.0530 e. The molecule has 0 aromatic carbocycles. The lowest BCUT2D eigenvalue weighted by atomic mass is 9.84. The highest BCUT2D eigenvalue weighted by Gasteiger charge is 2.41. The summed E-state index contributed by atoms with van der Waals surface area (Å²) in [6.45, 7) is 3.37. The molecule has 2 unspecified atom stereocenters. The maximum absolute atomic E-state index is 5.26. The zero-order valence-electron chi connectivity index (χ0n) is 7.64. The van der Waals surface area contributed by atoms with Crippen LogP contribution in [0.25, 0.3) is 0 Å². The van der Waals surface area contributed by atoms with E-state index in [0.29, 0.717) is 5.41 Å². The lowest BCUT2D eigenvalue weighted by Gasteiger charge is -2.32. The summed E-state index contributed by atoms with van der Waals surface area (Å²) in [5, 5.41) is 3.49. The van der Waals surface area contributed by atoms with Crippen molar-refractivity contribution in [1.82, 2.24) is 5.32 Å². The molecule has 2 atom stereocenters. The van der Waals surface area contributed by atoms with Crippen molar-refractivity contribution in [3.05, 3.63) is 0 Å². The van der Waals surface area contributed by atoms with E-state index in [1.54, 1.807) is 0 Å². The molecule has 0 aromatic rings. The molecule has 0 aromatic heterocycles. The number of nitrogens with one attached hydrogen (secondary N) is 1. The van der Waals surface area contributed by atoms with E-state index in [2.05, 4.69) is 5.32 Å². The Bertz CT molecular complexity index is 144. The molecule has 2 fully saturated rings. The number of hydrogen-bond donors (Lipinski definition) is 1. The molecule has 3 heteroatoms. The second-order valence-electron chi connectivity index (χ2n) is 4.17. The van der Waals surface area contributed by atoms with Crippen molar-refractivity contribution in [1.29, 1.82) is 0 Å². The molecule has 0 spiro atoms. The van der Waals surface area contributed by atoms with E-state index >= 15 is 0 Å². The molecule has 2 aliphatic rings. The van der Waals surface area contributed by atoms with Gasteiger partial charge in [-0.1, -0.05) is 0 Å². The minimum absolute atomic E-state index is 0. The van der Waals surface area contributed by atoms with Crippen LogP contribution in [0.1, 0.15) is 19.3 Å². The molecule has 1 saturated heterocycles. The first-order valence-corrected chi connectivity index (χ1v) is 4.54. The summed E-state index contributed by atoms with van der Waals surface area (Å²) >= 11 is 0. The second-order valence-corrected chi connectivity index (χ2v) is 4.17. The number of hydrogen-bond acceptors (Lipinski definition) is 2. The Morgan fingerprint density at radius 2 is 2.42 bits per heavy atom. The molecule has 2 nitrogen and oxygen atoms in total. The summed E-state index contributed by atoms with van der Waals surface area (Å²) in [4.78, 5) is 0. The topological polar surface area (TPSA) is 21.3 Å². The van der Waals surface area contributed by atoms with Gasteiger partial charge in [-0.25, -0.2) is 0 Å². The van der Waals surface area contributed by atoms with Gasteiger partial charge in [-0.05, 0) is 31.7 Å². The van der Waals surface area contributed by atoms with Crippen molar-refractivity contribution in [3.63, 3.8) is 0 Å². The van der Waals surface area contributed by atoms with Gasteiger partial charge < -0.3 is 10.1 Å². The van der Waals surface area contributed by atoms with E-state index in [1.165, 1.54) is 32.4 Å². The Morgan fingerprint density at radius 3 is 3.17 bits per heavy atom. The third-order valence-corrected chi connectivity index (χ3v) is 3.19. The maximum atomic E-state index is 5.26. The lowest BCUT2D eigenvalue weighted by molar-refractivity contribution is 0.0702. The molecule has 1 N–H and O–H groups in total. The van der Waals surface area contributed by atoms with Crippen LogP contribution in [0, 0.1) is 11.3 Å². The average Bonchev–Trinajstić information content (AvgIpc) is 2.28. The monoisotopic (exact) mass is 191 g/mol. The van der Waals surface area contributed by atoms with E-state index in [-0.39, 0.29) is 12.4 Å². The summed E-state index contributed by atoms with van der Waals surface area (Å²) < 4.78 is 5.26. The average molecular weight is 192 g/mol. The predicted molar refractivity (Wildman–Crippen MR) is 51.8 cm³/mol. The first kappa shape index (κ1) is 10.3. The third kappa shape index (κ3) is 1.76. The second kappa shape index (κ2) is 3.95. The number of piperidine rings is 1. The standard InChI is InChI=1S/C9H17NO.ClH/c1-11-7-9-3-2-8(4-9)5-10-6-9;/h8,10H,2-7H2,1H3;1H. The Kier molecular flexibility index (Phi) is 3.38. The number of halogens is 1. The molecule has 0 amide bonds. The normalized spacial score (nSPS) is 39.2. The molecular formula is C9H18ClNO. The van der Waals surface area contributed by atoms with Gasteiger partial charge in [-0.3, -0.25) is 0 Å². The van der Waals surface area contributed by atoms with Gasteiger partial charge in [0.15, 0.2) is 0 Å². The highest BCUT2D eigenvalue weighted by Crippen LogP contribution is 2.43. The van der Waals surface area contributed by atoms with Gasteiger partial charge in [0.05, 0.1) is 6.61 Å². The predicted octanol–water partition coefficient (Wildman–Crippen LogP) is 1.44. The highest BCUT2D eigenvalue weighted by atomic mass is 35.5.